The van der Waals surface area contributed by atoms with E-state index in [4.69, 9.17) is 28.0 Å². The Hall–Kier alpha value is -3.35. The number of sulfonamides is 1. The van der Waals surface area contributed by atoms with Crippen molar-refractivity contribution in [3.05, 3.63) is 88.4 Å². The maximum atomic E-state index is 13.7. The van der Waals surface area contributed by atoms with Crippen LogP contribution in [0.5, 0.6) is 5.75 Å². The molecule has 0 radical (unpaired) electrons. The van der Waals surface area contributed by atoms with Gasteiger partial charge in [0.2, 0.25) is 5.91 Å². The quantitative estimate of drug-likeness (QED) is 0.322. The highest BCUT2D eigenvalue weighted by Gasteiger charge is 2.29. The first-order valence-electron chi connectivity index (χ1n) is 13.3. The second-order valence-electron chi connectivity index (χ2n) is 9.97. The Kier molecular flexibility index (Phi) is 10.7. The number of para-hydroxylation sites is 1. The van der Waals surface area contributed by atoms with E-state index in [1.165, 1.54) is 42.5 Å². The van der Waals surface area contributed by atoms with Crippen LogP contribution in [0, 0.1) is 0 Å². The van der Waals surface area contributed by atoms with Gasteiger partial charge in [0.25, 0.3) is 15.9 Å². The lowest BCUT2D eigenvalue weighted by Gasteiger charge is -2.35. The van der Waals surface area contributed by atoms with Gasteiger partial charge in [-0.25, -0.2) is 0 Å². The molecule has 0 spiro atoms. The first-order valence-corrected chi connectivity index (χ1v) is 15.5. The van der Waals surface area contributed by atoms with Crippen LogP contribution in [0.1, 0.15) is 10.4 Å². The summed E-state index contributed by atoms with van der Waals surface area (Å²) < 4.78 is 28.1. The zero-order valence-corrected chi connectivity index (χ0v) is 25.7. The van der Waals surface area contributed by atoms with Gasteiger partial charge >= 0.3 is 0 Å². The van der Waals surface area contributed by atoms with Gasteiger partial charge in [0, 0.05) is 49.9 Å². The first-order chi connectivity index (χ1) is 20.0. The van der Waals surface area contributed by atoms with Crippen molar-refractivity contribution in [2.75, 3.05) is 64.4 Å². The summed E-state index contributed by atoms with van der Waals surface area (Å²) in [4.78, 5) is 37.2. The van der Waals surface area contributed by atoms with Crippen molar-refractivity contribution in [2.24, 2.45) is 0 Å². The van der Waals surface area contributed by atoms with Gasteiger partial charge in [-0.1, -0.05) is 45.9 Å². The van der Waals surface area contributed by atoms with Gasteiger partial charge in [0.05, 0.1) is 22.2 Å². The number of piperazine rings is 1. The molecule has 0 unspecified atom stereocenters. The highest BCUT2D eigenvalue weighted by atomic mass is 35.5. The largest absolute Gasteiger partial charge is 0.363 e. The Bertz CT molecular complexity index is 1480. The van der Waals surface area contributed by atoms with Crippen molar-refractivity contribution >= 4 is 50.7 Å². The van der Waals surface area contributed by atoms with E-state index in [1.54, 1.807) is 35.2 Å². The maximum absolute atomic E-state index is 13.7. The molecule has 1 aliphatic rings. The highest BCUT2D eigenvalue weighted by molar-refractivity contribution is 7.92. The molecule has 224 valence electrons. The summed E-state index contributed by atoms with van der Waals surface area (Å²) in [7, 11) is -0.196. The first kappa shape index (κ1) is 31.6. The lowest BCUT2D eigenvalue weighted by atomic mass is 10.2. The highest BCUT2D eigenvalue weighted by Crippen LogP contribution is 2.32. The van der Waals surface area contributed by atoms with E-state index in [-0.39, 0.29) is 39.4 Å². The van der Waals surface area contributed by atoms with Crippen LogP contribution in [-0.2, 0) is 14.8 Å². The van der Waals surface area contributed by atoms with E-state index >= 15 is 0 Å². The van der Waals surface area contributed by atoms with Gasteiger partial charge in [-0.15, -0.1) is 0 Å². The third kappa shape index (κ3) is 8.14. The molecule has 1 heterocycles. The minimum Gasteiger partial charge on any atom is -0.363 e. The van der Waals surface area contributed by atoms with Gasteiger partial charge in [-0.05, 0) is 68.7 Å². The smallest absolute Gasteiger partial charge is 0.295 e. The fraction of sp³-hybridized carbons (Fsp3) is 0.310. The van der Waals surface area contributed by atoms with Gasteiger partial charge in [0.15, 0.2) is 5.75 Å². The van der Waals surface area contributed by atoms with Crippen molar-refractivity contribution in [3.8, 4) is 5.75 Å². The van der Waals surface area contributed by atoms with Crippen molar-refractivity contribution in [2.45, 2.75) is 4.90 Å². The summed E-state index contributed by atoms with van der Waals surface area (Å²) in [5, 5.41) is 3.14. The minimum absolute atomic E-state index is 0.0872. The minimum atomic E-state index is -4.26. The van der Waals surface area contributed by atoms with E-state index in [1.807, 2.05) is 14.1 Å². The van der Waals surface area contributed by atoms with Crippen molar-refractivity contribution in [3.63, 3.8) is 0 Å². The lowest BCUT2D eigenvalue weighted by Crippen LogP contribution is -2.52. The fourth-order valence-corrected chi connectivity index (χ4v) is 5.93. The maximum Gasteiger partial charge on any atom is 0.295 e. The van der Waals surface area contributed by atoms with Crippen LogP contribution >= 0.6 is 23.2 Å². The molecule has 0 atom stereocenters. The number of rotatable bonds is 11. The number of amides is 2. The van der Waals surface area contributed by atoms with E-state index < -0.39 is 15.9 Å². The number of carbonyl (C=O) groups excluding carboxylic acids is 2. The Morgan fingerprint density at radius 2 is 1.60 bits per heavy atom. The summed E-state index contributed by atoms with van der Waals surface area (Å²) in [6, 6.07) is 18.1. The van der Waals surface area contributed by atoms with Crippen LogP contribution in [0.4, 0.5) is 5.69 Å². The number of halogens is 2. The Labute approximate surface area is 256 Å². The van der Waals surface area contributed by atoms with Crippen LogP contribution in [0.2, 0.25) is 10.0 Å². The predicted molar refractivity (Wildman–Crippen MR) is 164 cm³/mol. The Morgan fingerprint density at radius 3 is 2.21 bits per heavy atom. The van der Waals surface area contributed by atoms with Crippen LogP contribution in [0.25, 0.3) is 0 Å². The summed E-state index contributed by atoms with van der Waals surface area (Å²) in [6.45, 7) is 4.55. The molecule has 1 saturated heterocycles. The molecule has 1 fully saturated rings. The van der Waals surface area contributed by atoms with E-state index in [0.717, 1.165) is 30.6 Å². The Morgan fingerprint density at radius 1 is 0.929 bits per heavy atom. The molecule has 13 heteroatoms. The van der Waals surface area contributed by atoms with Crippen molar-refractivity contribution in [1.82, 2.24) is 20.0 Å². The predicted octanol–water partition coefficient (Wildman–Crippen LogP) is 3.62. The Balaban J connectivity index is 1.40. The number of likely N-dealkylation sites (N-methyl/N-ethyl adjacent to an activating group) is 1. The van der Waals surface area contributed by atoms with Gasteiger partial charge in [-0.2, -0.15) is 8.42 Å². The van der Waals surface area contributed by atoms with E-state index in [9.17, 15) is 18.0 Å². The number of carbonyl (C=O) groups is 2. The summed E-state index contributed by atoms with van der Waals surface area (Å²) in [5.41, 5.74) is 0.450. The van der Waals surface area contributed by atoms with E-state index in [2.05, 4.69) is 15.1 Å². The molecule has 3 aromatic rings. The van der Waals surface area contributed by atoms with Gasteiger partial charge in [0.1, 0.15) is 0 Å². The molecule has 1 N–H and O–H groups in total. The standard InChI is InChI=1S/C29H33Cl2N5O5S/c1-33(2)14-15-34-16-18-35(19-17-34)28(37)21-32-29(38)22-8-11-25(12-9-22)42(39,40)36(24-6-4-3-5-7-24)41-27-13-10-23(30)20-26(27)31/h3-13,20H,14-19,21H2,1-2H3,(H,32,38). The normalized spacial score (nSPS) is 14.1. The molecule has 2 amide bonds. The van der Waals surface area contributed by atoms with Gasteiger partial charge < -0.3 is 20.0 Å². The van der Waals surface area contributed by atoms with E-state index in [0.29, 0.717) is 18.1 Å². The van der Waals surface area contributed by atoms with Gasteiger partial charge in [-0.3, -0.25) is 14.5 Å². The molecule has 0 aromatic heterocycles. The molecule has 0 aliphatic carbocycles. The fourth-order valence-electron chi connectivity index (χ4n) is 4.23. The third-order valence-electron chi connectivity index (χ3n) is 6.66. The molecule has 0 bridgehead atoms. The van der Waals surface area contributed by atoms with Crippen LogP contribution in [0.15, 0.2) is 77.7 Å². The summed E-state index contributed by atoms with van der Waals surface area (Å²) >= 11 is 12.2. The van der Waals surface area contributed by atoms with Crippen molar-refractivity contribution in [1.29, 1.82) is 0 Å². The van der Waals surface area contributed by atoms with Crippen LogP contribution in [0.3, 0.4) is 0 Å². The molecule has 4 rings (SSSR count). The second-order valence-corrected chi connectivity index (χ2v) is 12.6. The number of anilines is 1. The molecule has 1 aliphatic heterocycles. The summed E-state index contributed by atoms with van der Waals surface area (Å²) in [6.07, 6.45) is 0. The SMILES string of the molecule is CN(C)CCN1CCN(C(=O)CNC(=O)c2ccc(S(=O)(=O)N(Oc3ccc(Cl)cc3Cl)c3ccccc3)cc2)CC1. The monoisotopic (exact) mass is 633 g/mol. The zero-order chi connectivity index (χ0) is 30.3. The zero-order valence-electron chi connectivity index (χ0n) is 23.4. The number of hydrogen-bond donors (Lipinski definition) is 1. The molecular formula is C29H33Cl2N5O5S. The number of nitrogens with one attached hydrogen (secondary N) is 1. The summed E-state index contributed by atoms with van der Waals surface area (Å²) in [5.74, 6) is -0.559. The van der Waals surface area contributed by atoms with Crippen molar-refractivity contribution < 1.29 is 22.8 Å². The molecule has 10 nitrogen and oxygen atoms in total. The number of benzene rings is 3. The lowest BCUT2D eigenvalue weighted by molar-refractivity contribution is -0.131. The number of nitrogens with zero attached hydrogens (tertiary/aromatic N) is 4. The number of hydrogen-bond acceptors (Lipinski definition) is 7. The molecule has 0 saturated carbocycles. The molecule has 42 heavy (non-hydrogen) atoms. The third-order valence-corrected chi connectivity index (χ3v) is 8.78. The van der Waals surface area contributed by atoms with Crippen LogP contribution in [-0.4, -0.2) is 94.8 Å². The average molecular weight is 635 g/mol. The topological polar surface area (TPSA) is 102 Å². The average Bonchev–Trinajstić information content (AvgIpc) is 2.99. The molecule has 3 aromatic carbocycles. The molecular weight excluding hydrogens is 601 g/mol. The van der Waals surface area contributed by atoms with Crippen LogP contribution < -0.4 is 14.6 Å². The second kappa shape index (κ2) is 14.2.